The number of hydrogen-bond donors (Lipinski definition) is 0. The fourth-order valence-electron chi connectivity index (χ4n) is 3.79. The van der Waals surface area contributed by atoms with E-state index >= 15 is 8.78 Å². The van der Waals surface area contributed by atoms with E-state index in [4.69, 9.17) is 0 Å². The van der Waals surface area contributed by atoms with E-state index in [0.29, 0.717) is 22.3 Å². The highest BCUT2D eigenvalue weighted by atomic mass is 19.1. The van der Waals surface area contributed by atoms with Crippen LogP contribution in [0.1, 0.15) is 116 Å². The zero-order valence-corrected chi connectivity index (χ0v) is 21.8. The molecule has 0 unspecified atom stereocenters. The van der Waals surface area contributed by atoms with E-state index in [1.54, 1.807) is 0 Å². The quantitative estimate of drug-likeness (QED) is 0.448. The summed E-state index contributed by atoms with van der Waals surface area (Å²) < 4.78 is 31.4. The maximum Gasteiger partial charge on any atom is 0.130 e. The van der Waals surface area contributed by atoms with Crippen LogP contribution in [0.4, 0.5) is 8.78 Å². The summed E-state index contributed by atoms with van der Waals surface area (Å²) in [7, 11) is 0. The smallest absolute Gasteiger partial charge is 0.130 e. The number of halogens is 2. The Morgan fingerprint density at radius 3 is 1.00 bits per heavy atom. The summed E-state index contributed by atoms with van der Waals surface area (Å²) in [6.45, 7) is 25.0. The molecule has 0 fully saturated rings. The van der Waals surface area contributed by atoms with E-state index in [-0.39, 0.29) is 39.7 Å². The second kappa shape index (κ2) is 8.01. The molecule has 2 rings (SSSR count). The largest absolute Gasteiger partial charge is 0.206 e. The summed E-state index contributed by atoms with van der Waals surface area (Å²) in [5.41, 5.74) is 3.79. The van der Waals surface area contributed by atoms with E-state index in [0.717, 1.165) is 11.1 Å². The lowest BCUT2D eigenvalue weighted by atomic mass is 9.77. The van der Waals surface area contributed by atoms with E-state index in [2.05, 4.69) is 41.5 Å². The summed E-state index contributed by atoms with van der Waals surface area (Å²) >= 11 is 0. The van der Waals surface area contributed by atoms with Crippen molar-refractivity contribution in [3.8, 4) is 0 Å². The van der Waals surface area contributed by atoms with E-state index in [1.807, 2.05) is 65.8 Å². The Labute approximate surface area is 189 Å². The molecule has 0 spiro atoms. The fraction of sp³-hybridized carbons (Fsp3) is 0.586. The molecule has 0 bridgehead atoms. The average Bonchev–Trinajstić information content (AvgIpc) is 2.53. The van der Waals surface area contributed by atoms with Gasteiger partial charge in [0.2, 0.25) is 0 Å². The molecule has 2 aromatic rings. The molecule has 0 N–H and O–H groups in total. The molecule has 0 nitrogen and oxygen atoms in total. The highest BCUT2D eigenvalue weighted by Gasteiger charge is 2.28. The maximum absolute atomic E-state index is 15.7. The molecular formula is C29H42F2. The maximum atomic E-state index is 15.7. The Bertz CT molecular complexity index is 873. The highest BCUT2D eigenvalue weighted by molar-refractivity contribution is 5.44. The molecule has 0 atom stereocenters. The van der Waals surface area contributed by atoms with Gasteiger partial charge in [0.1, 0.15) is 11.6 Å². The Balaban J connectivity index is 2.78. The monoisotopic (exact) mass is 428 g/mol. The van der Waals surface area contributed by atoms with Gasteiger partial charge in [0, 0.05) is 6.42 Å². The standard InChI is InChI=1S/C29H42F2/c1-26(2,3)20-14-18(24(30)22(16-20)28(7,8)9)13-19-15-21(27(4,5)6)17-23(25(19)31)29(10,11)12/h14-17H,13H2,1-12H3. The van der Waals surface area contributed by atoms with Gasteiger partial charge in [-0.05, 0) is 55.0 Å². The molecule has 31 heavy (non-hydrogen) atoms. The summed E-state index contributed by atoms with van der Waals surface area (Å²) in [5, 5.41) is 0. The van der Waals surface area contributed by atoms with Crippen molar-refractivity contribution < 1.29 is 8.78 Å². The molecule has 0 heterocycles. The molecule has 0 saturated carbocycles. The normalized spacial score (nSPS) is 13.6. The Morgan fingerprint density at radius 2 is 0.774 bits per heavy atom. The van der Waals surface area contributed by atoms with Gasteiger partial charge in [-0.1, -0.05) is 107 Å². The van der Waals surface area contributed by atoms with Gasteiger partial charge in [-0.2, -0.15) is 0 Å². The number of hydrogen-bond acceptors (Lipinski definition) is 0. The van der Waals surface area contributed by atoms with Crippen LogP contribution in [0.25, 0.3) is 0 Å². The lowest BCUT2D eigenvalue weighted by molar-refractivity contribution is 0.500. The van der Waals surface area contributed by atoms with Gasteiger partial charge >= 0.3 is 0 Å². The van der Waals surface area contributed by atoms with Crippen LogP contribution >= 0.6 is 0 Å². The van der Waals surface area contributed by atoms with Gasteiger partial charge in [0.05, 0.1) is 0 Å². The molecule has 0 aliphatic rings. The van der Waals surface area contributed by atoms with Crippen LogP contribution in [0.15, 0.2) is 24.3 Å². The third-order valence-electron chi connectivity index (χ3n) is 6.02. The molecular weight excluding hydrogens is 386 g/mol. The summed E-state index contributed by atoms with van der Waals surface area (Å²) in [4.78, 5) is 0. The minimum absolute atomic E-state index is 0.120. The van der Waals surface area contributed by atoms with Gasteiger partial charge in [-0.15, -0.1) is 0 Å². The first-order chi connectivity index (χ1) is 13.7. The minimum atomic E-state index is -0.331. The summed E-state index contributed by atoms with van der Waals surface area (Å²) in [6, 6.07) is 7.85. The minimum Gasteiger partial charge on any atom is -0.206 e. The Morgan fingerprint density at radius 1 is 0.484 bits per heavy atom. The number of rotatable bonds is 2. The van der Waals surface area contributed by atoms with Gasteiger partial charge in [0.15, 0.2) is 0 Å². The van der Waals surface area contributed by atoms with Crippen LogP contribution in [0, 0.1) is 11.6 Å². The molecule has 172 valence electrons. The lowest BCUT2D eigenvalue weighted by Gasteiger charge is -2.29. The van der Waals surface area contributed by atoms with Gasteiger partial charge in [-0.3, -0.25) is 0 Å². The number of benzene rings is 2. The second-order valence-electron chi connectivity index (χ2n) is 13.2. The Kier molecular flexibility index (Phi) is 6.61. The predicted octanol–water partition coefficient (Wildman–Crippen LogP) is 8.75. The zero-order chi connectivity index (χ0) is 24.2. The van der Waals surface area contributed by atoms with Crippen LogP contribution in [-0.2, 0) is 28.1 Å². The van der Waals surface area contributed by atoms with Crippen molar-refractivity contribution in [2.45, 2.75) is 111 Å². The van der Waals surface area contributed by atoms with E-state index < -0.39 is 0 Å². The van der Waals surface area contributed by atoms with Crippen LogP contribution in [0.5, 0.6) is 0 Å². The van der Waals surface area contributed by atoms with Crippen molar-refractivity contribution >= 4 is 0 Å². The molecule has 0 aromatic heterocycles. The molecule has 0 saturated heterocycles. The van der Waals surface area contributed by atoms with Crippen molar-refractivity contribution in [1.82, 2.24) is 0 Å². The van der Waals surface area contributed by atoms with Crippen LogP contribution in [0.2, 0.25) is 0 Å². The summed E-state index contributed by atoms with van der Waals surface area (Å²) in [5.74, 6) is -0.420. The van der Waals surface area contributed by atoms with Crippen molar-refractivity contribution in [2.24, 2.45) is 0 Å². The molecule has 2 aromatic carbocycles. The third kappa shape index (κ3) is 5.76. The average molecular weight is 429 g/mol. The van der Waals surface area contributed by atoms with Crippen LogP contribution in [0.3, 0.4) is 0 Å². The van der Waals surface area contributed by atoms with Gasteiger partial charge < -0.3 is 0 Å². The van der Waals surface area contributed by atoms with E-state index in [9.17, 15) is 0 Å². The first-order valence-corrected chi connectivity index (χ1v) is 11.4. The van der Waals surface area contributed by atoms with Crippen LogP contribution in [-0.4, -0.2) is 0 Å². The van der Waals surface area contributed by atoms with Crippen LogP contribution < -0.4 is 0 Å². The molecule has 0 aliphatic heterocycles. The fourth-order valence-corrected chi connectivity index (χ4v) is 3.79. The topological polar surface area (TPSA) is 0 Å². The molecule has 0 aliphatic carbocycles. The lowest BCUT2D eigenvalue weighted by Crippen LogP contribution is -2.21. The predicted molar refractivity (Wildman–Crippen MR) is 130 cm³/mol. The highest BCUT2D eigenvalue weighted by Crippen LogP contribution is 2.37. The molecule has 0 radical (unpaired) electrons. The molecule has 2 heteroatoms. The zero-order valence-electron chi connectivity index (χ0n) is 21.8. The van der Waals surface area contributed by atoms with Crippen molar-refractivity contribution in [3.63, 3.8) is 0 Å². The van der Waals surface area contributed by atoms with Gasteiger partial charge in [-0.25, -0.2) is 8.78 Å². The first-order valence-electron chi connectivity index (χ1n) is 11.4. The second-order valence-corrected chi connectivity index (χ2v) is 13.2. The van der Waals surface area contributed by atoms with Crippen molar-refractivity contribution in [2.75, 3.05) is 0 Å². The van der Waals surface area contributed by atoms with Gasteiger partial charge in [0.25, 0.3) is 0 Å². The van der Waals surface area contributed by atoms with Crippen molar-refractivity contribution in [3.05, 3.63) is 69.3 Å². The molecule has 0 amide bonds. The third-order valence-corrected chi connectivity index (χ3v) is 6.02. The first kappa shape index (κ1) is 25.6. The summed E-state index contributed by atoms with van der Waals surface area (Å²) in [6.07, 6.45) is 0.248. The Hall–Kier alpha value is -1.70. The van der Waals surface area contributed by atoms with Crippen molar-refractivity contribution in [1.29, 1.82) is 0 Å². The van der Waals surface area contributed by atoms with E-state index in [1.165, 1.54) is 0 Å². The SMILES string of the molecule is CC(C)(C)c1cc(Cc2cc(C(C)(C)C)cc(C(C)(C)C)c2F)c(F)c(C(C)(C)C)c1.